The van der Waals surface area contributed by atoms with Gasteiger partial charge in [0.1, 0.15) is 5.75 Å². The largest absolute Gasteiger partial charge is 0.494 e. The molecule has 0 N–H and O–H groups in total. The highest BCUT2D eigenvalue weighted by molar-refractivity contribution is 5.87. The van der Waals surface area contributed by atoms with E-state index in [-0.39, 0.29) is 0 Å². The maximum absolute atomic E-state index is 5.90. The van der Waals surface area contributed by atoms with Crippen molar-refractivity contribution in [3.05, 3.63) is 48.0 Å². The molecule has 0 aliphatic heterocycles. The number of benzene rings is 2. The summed E-state index contributed by atoms with van der Waals surface area (Å²) >= 11 is 0. The molecule has 0 saturated heterocycles. The number of unbranched alkanes of at least 4 members (excludes halogenated alkanes) is 2. The Labute approximate surface area is 165 Å². The van der Waals surface area contributed by atoms with Crippen LogP contribution < -0.4 is 4.74 Å². The standard InChI is InChI=1S/C26H36O/c1-4-6-7-16-27-26-15-14-24-18-23(12-13-25(24)19-26)22-10-8-21(9-11-22)17-20(3)5-2/h10,12-15,18-21H,4-9,11,16-17H2,1-3H3. The molecule has 0 aromatic heterocycles. The lowest BCUT2D eigenvalue weighted by atomic mass is 9.81. The van der Waals surface area contributed by atoms with Crippen molar-refractivity contribution in [1.82, 2.24) is 0 Å². The zero-order valence-electron chi connectivity index (χ0n) is 17.5. The minimum Gasteiger partial charge on any atom is -0.494 e. The van der Waals surface area contributed by atoms with E-state index < -0.39 is 0 Å². The Hall–Kier alpha value is -1.76. The molecule has 1 aliphatic carbocycles. The predicted octanol–water partition coefficient (Wildman–Crippen LogP) is 8.03. The van der Waals surface area contributed by atoms with Gasteiger partial charge in [0.2, 0.25) is 0 Å². The molecule has 1 aliphatic rings. The second-order valence-electron chi connectivity index (χ2n) is 8.40. The number of hydrogen-bond acceptors (Lipinski definition) is 1. The third kappa shape index (κ3) is 5.61. The molecule has 0 spiro atoms. The SMILES string of the molecule is CCCCCOc1ccc2cc(C3=CCC(CC(C)CC)CC3)ccc2c1. The second kappa shape index (κ2) is 9.97. The Balaban J connectivity index is 1.64. The summed E-state index contributed by atoms with van der Waals surface area (Å²) in [6.07, 6.45) is 12.6. The Morgan fingerprint density at radius 2 is 1.85 bits per heavy atom. The van der Waals surface area contributed by atoms with Crippen LogP contribution in [0.4, 0.5) is 0 Å². The number of rotatable bonds is 9. The van der Waals surface area contributed by atoms with Crippen molar-refractivity contribution in [2.75, 3.05) is 6.61 Å². The minimum absolute atomic E-state index is 0.822. The van der Waals surface area contributed by atoms with Crippen molar-refractivity contribution < 1.29 is 4.74 Å². The van der Waals surface area contributed by atoms with Gasteiger partial charge in [-0.2, -0.15) is 0 Å². The lowest BCUT2D eigenvalue weighted by Crippen LogP contribution is -2.09. The van der Waals surface area contributed by atoms with Crippen LogP contribution in [0.15, 0.2) is 42.5 Å². The highest BCUT2D eigenvalue weighted by Gasteiger charge is 2.17. The van der Waals surface area contributed by atoms with Gasteiger partial charge < -0.3 is 4.74 Å². The van der Waals surface area contributed by atoms with Gasteiger partial charge in [-0.3, -0.25) is 0 Å². The fourth-order valence-corrected chi connectivity index (χ4v) is 4.16. The molecule has 0 saturated carbocycles. The van der Waals surface area contributed by atoms with Gasteiger partial charge in [0.15, 0.2) is 0 Å². The Morgan fingerprint density at radius 3 is 2.59 bits per heavy atom. The third-order valence-electron chi connectivity index (χ3n) is 6.15. The Bertz CT molecular complexity index is 758. The van der Waals surface area contributed by atoms with E-state index in [2.05, 4.69) is 63.2 Å². The van der Waals surface area contributed by atoms with E-state index in [0.717, 1.165) is 30.6 Å². The first kappa shape index (κ1) is 20.0. The van der Waals surface area contributed by atoms with Crippen LogP contribution in [-0.2, 0) is 0 Å². The van der Waals surface area contributed by atoms with Gasteiger partial charge in [0.25, 0.3) is 0 Å². The molecule has 1 heteroatoms. The fourth-order valence-electron chi connectivity index (χ4n) is 4.16. The molecule has 0 radical (unpaired) electrons. The van der Waals surface area contributed by atoms with E-state index in [4.69, 9.17) is 4.74 Å². The fraction of sp³-hybridized carbons (Fsp3) is 0.538. The third-order valence-corrected chi connectivity index (χ3v) is 6.15. The molecule has 2 atom stereocenters. The van der Waals surface area contributed by atoms with Crippen molar-refractivity contribution >= 4 is 16.3 Å². The van der Waals surface area contributed by atoms with Gasteiger partial charge in [-0.05, 0) is 84.0 Å². The molecule has 0 bridgehead atoms. The smallest absolute Gasteiger partial charge is 0.119 e. The van der Waals surface area contributed by atoms with Gasteiger partial charge in [-0.25, -0.2) is 0 Å². The maximum Gasteiger partial charge on any atom is 0.119 e. The summed E-state index contributed by atoms with van der Waals surface area (Å²) in [5, 5.41) is 2.59. The molecule has 27 heavy (non-hydrogen) atoms. The molecular formula is C26H36O. The van der Waals surface area contributed by atoms with Crippen molar-refractivity contribution in [3.63, 3.8) is 0 Å². The van der Waals surface area contributed by atoms with Gasteiger partial charge in [-0.1, -0.05) is 64.3 Å². The first-order chi connectivity index (χ1) is 13.2. The van der Waals surface area contributed by atoms with E-state index in [1.54, 1.807) is 0 Å². The van der Waals surface area contributed by atoms with Gasteiger partial charge in [0, 0.05) is 0 Å². The summed E-state index contributed by atoms with van der Waals surface area (Å²) in [4.78, 5) is 0. The summed E-state index contributed by atoms with van der Waals surface area (Å²) in [6, 6.07) is 13.4. The maximum atomic E-state index is 5.90. The zero-order chi connectivity index (χ0) is 19.1. The molecule has 3 rings (SSSR count). The molecular weight excluding hydrogens is 328 g/mol. The first-order valence-electron chi connectivity index (χ1n) is 11.1. The Kier molecular flexibility index (Phi) is 7.38. The van der Waals surface area contributed by atoms with Crippen LogP contribution in [0.3, 0.4) is 0 Å². The lowest BCUT2D eigenvalue weighted by molar-refractivity contribution is 0.306. The quantitative estimate of drug-likeness (QED) is 0.409. The molecule has 2 aromatic rings. The normalized spacial score (nSPS) is 18.3. The number of fused-ring (bicyclic) bond motifs is 1. The van der Waals surface area contributed by atoms with Crippen LogP contribution in [0.25, 0.3) is 16.3 Å². The van der Waals surface area contributed by atoms with Crippen LogP contribution in [0.1, 0.15) is 77.7 Å². The van der Waals surface area contributed by atoms with Gasteiger partial charge in [0.05, 0.1) is 6.61 Å². The molecule has 1 nitrogen and oxygen atoms in total. The minimum atomic E-state index is 0.822. The zero-order valence-corrected chi connectivity index (χ0v) is 17.5. The monoisotopic (exact) mass is 364 g/mol. The number of allylic oxidation sites excluding steroid dienone is 2. The van der Waals surface area contributed by atoms with Crippen LogP contribution in [-0.4, -0.2) is 6.61 Å². The summed E-state index contributed by atoms with van der Waals surface area (Å²) < 4.78 is 5.90. The summed E-state index contributed by atoms with van der Waals surface area (Å²) in [5.74, 6) is 2.75. The highest BCUT2D eigenvalue weighted by Crippen LogP contribution is 2.35. The topological polar surface area (TPSA) is 9.23 Å². The average Bonchev–Trinajstić information content (AvgIpc) is 2.71. The Morgan fingerprint density at radius 1 is 1.04 bits per heavy atom. The molecule has 0 heterocycles. The van der Waals surface area contributed by atoms with E-state index in [9.17, 15) is 0 Å². The summed E-state index contributed by atoms with van der Waals surface area (Å²) in [7, 11) is 0. The van der Waals surface area contributed by atoms with Crippen LogP contribution in [0.2, 0.25) is 0 Å². The second-order valence-corrected chi connectivity index (χ2v) is 8.40. The number of ether oxygens (including phenoxy) is 1. The van der Waals surface area contributed by atoms with Gasteiger partial charge >= 0.3 is 0 Å². The molecule has 2 unspecified atom stereocenters. The van der Waals surface area contributed by atoms with Crippen molar-refractivity contribution in [1.29, 1.82) is 0 Å². The van der Waals surface area contributed by atoms with Gasteiger partial charge in [-0.15, -0.1) is 0 Å². The van der Waals surface area contributed by atoms with Crippen LogP contribution in [0.5, 0.6) is 5.75 Å². The average molecular weight is 365 g/mol. The molecule has 146 valence electrons. The number of hydrogen-bond donors (Lipinski definition) is 0. The summed E-state index contributed by atoms with van der Waals surface area (Å²) in [5.41, 5.74) is 2.94. The van der Waals surface area contributed by atoms with E-state index in [1.165, 1.54) is 66.9 Å². The van der Waals surface area contributed by atoms with Crippen molar-refractivity contribution in [3.8, 4) is 5.75 Å². The lowest BCUT2D eigenvalue weighted by Gasteiger charge is -2.24. The summed E-state index contributed by atoms with van der Waals surface area (Å²) in [6.45, 7) is 7.75. The molecule has 2 aromatic carbocycles. The van der Waals surface area contributed by atoms with Crippen molar-refractivity contribution in [2.45, 2.75) is 72.1 Å². The van der Waals surface area contributed by atoms with Crippen LogP contribution >= 0.6 is 0 Å². The van der Waals surface area contributed by atoms with E-state index >= 15 is 0 Å². The van der Waals surface area contributed by atoms with Crippen LogP contribution in [0, 0.1) is 11.8 Å². The highest BCUT2D eigenvalue weighted by atomic mass is 16.5. The predicted molar refractivity (Wildman–Crippen MR) is 118 cm³/mol. The van der Waals surface area contributed by atoms with Crippen molar-refractivity contribution in [2.24, 2.45) is 11.8 Å². The first-order valence-corrected chi connectivity index (χ1v) is 11.1. The van der Waals surface area contributed by atoms with E-state index in [0.29, 0.717) is 0 Å². The molecule has 0 amide bonds. The molecule has 0 fully saturated rings. The van der Waals surface area contributed by atoms with E-state index in [1.807, 2.05) is 0 Å².